The molecule has 2 aliphatic rings. The van der Waals surface area contributed by atoms with Gasteiger partial charge in [0.15, 0.2) is 11.5 Å². The number of carbonyl (C=O) groups is 1. The molecule has 1 unspecified atom stereocenters. The van der Waals surface area contributed by atoms with Gasteiger partial charge in [0.25, 0.3) is 5.91 Å². The van der Waals surface area contributed by atoms with Crippen LogP contribution in [0.4, 0.5) is 0 Å². The monoisotopic (exact) mass is 318 g/mol. The molecule has 2 aliphatic heterocycles. The maximum Gasteiger partial charge on any atom is 0.251 e. The first-order valence-electron chi connectivity index (χ1n) is 8.55. The van der Waals surface area contributed by atoms with Crippen molar-refractivity contribution < 1.29 is 14.3 Å². The van der Waals surface area contributed by atoms with Gasteiger partial charge in [-0.05, 0) is 56.5 Å². The van der Waals surface area contributed by atoms with Crippen molar-refractivity contribution in [3.8, 4) is 11.5 Å². The Morgan fingerprint density at radius 1 is 1.22 bits per heavy atom. The van der Waals surface area contributed by atoms with Crippen molar-refractivity contribution in [2.45, 2.75) is 39.2 Å². The minimum atomic E-state index is -0.0451. The molecular weight excluding hydrogens is 292 g/mol. The number of carbonyl (C=O) groups excluding carboxylic acids is 1. The summed E-state index contributed by atoms with van der Waals surface area (Å²) in [6, 6.07) is 5.76. The van der Waals surface area contributed by atoms with Gasteiger partial charge >= 0.3 is 0 Å². The molecule has 2 heterocycles. The molecule has 0 saturated carbocycles. The van der Waals surface area contributed by atoms with Gasteiger partial charge in [0, 0.05) is 18.2 Å². The molecule has 5 heteroatoms. The summed E-state index contributed by atoms with van der Waals surface area (Å²) in [5.74, 6) is 1.94. The Kier molecular flexibility index (Phi) is 5.06. The Morgan fingerprint density at radius 2 is 1.96 bits per heavy atom. The van der Waals surface area contributed by atoms with Gasteiger partial charge in [-0.2, -0.15) is 0 Å². The third kappa shape index (κ3) is 3.96. The maximum absolute atomic E-state index is 12.4. The molecule has 5 nitrogen and oxygen atoms in total. The van der Waals surface area contributed by atoms with E-state index in [4.69, 9.17) is 9.47 Å². The summed E-state index contributed by atoms with van der Waals surface area (Å²) in [7, 11) is 0. The van der Waals surface area contributed by atoms with E-state index in [-0.39, 0.29) is 12.7 Å². The van der Waals surface area contributed by atoms with Crippen LogP contribution in [0.1, 0.15) is 43.5 Å². The average molecular weight is 318 g/mol. The lowest BCUT2D eigenvalue weighted by atomic mass is 10.0. The van der Waals surface area contributed by atoms with Gasteiger partial charge in [-0.25, -0.2) is 0 Å². The molecule has 0 bridgehead atoms. The lowest BCUT2D eigenvalue weighted by molar-refractivity contribution is 0.0932. The van der Waals surface area contributed by atoms with Crippen molar-refractivity contribution >= 4 is 5.91 Å². The standard InChI is InChI=1S/C18H26N2O3/c1-13(2)9-15(20-7-3-4-8-20)11-19-18(21)14-5-6-16-17(10-14)23-12-22-16/h5-6,10,13,15H,3-4,7-9,11-12H2,1-2H3,(H,19,21). The summed E-state index contributed by atoms with van der Waals surface area (Å²) in [6.45, 7) is 7.71. The molecule has 1 N–H and O–H groups in total. The van der Waals surface area contributed by atoms with E-state index < -0.39 is 0 Å². The number of likely N-dealkylation sites (tertiary alicyclic amines) is 1. The number of amides is 1. The predicted molar refractivity (Wildman–Crippen MR) is 88.9 cm³/mol. The molecule has 0 radical (unpaired) electrons. The van der Waals surface area contributed by atoms with Gasteiger partial charge in [0.1, 0.15) is 0 Å². The topological polar surface area (TPSA) is 50.8 Å². The van der Waals surface area contributed by atoms with Crippen LogP contribution in [0.15, 0.2) is 18.2 Å². The molecule has 3 rings (SSSR count). The molecule has 126 valence electrons. The van der Waals surface area contributed by atoms with Crippen molar-refractivity contribution in [3.63, 3.8) is 0 Å². The first-order valence-corrected chi connectivity index (χ1v) is 8.55. The SMILES string of the molecule is CC(C)CC(CNC(=O)c1ccc2c(c1)OCO2)N1CCCC1. The van der Waals surface area contributed by atoms with Gasteiger partial charge in [-0.1, -0.05) is 13.8 Å². The largest absolute Gasteiger partial charge is 0.454 e. The third-order valence-corrected chi connectivity index (χ3v) is 4.53. The molecule has 1 fully saturated rings. The van der Waals surface area contributed by atoms with Gasteiger partial charge in [-0.3, -0.25) is 9.69 Å². The minimum Gasteiger partial charge on any atom is -0.454 e. The summed E-state index contributed by atoms with van der Waals surface area (Å²) in [4.78, 5) is 14.9. The molecule has 1 atom stereocenters. The van der Waals surface area contributed by atoms with E-state index in [2.05, 4.69) is 24.1 Å². The van der Waals surface area contributed by atoms with Gasteiger partial charge in [0.05, 0.1) is 0 Å². The summed E-state index contributed by atoms with van der Waals surface area (Å²) in [5.41, 5.74) is 0.624. The first-order chi connectivity index (χ1) is 11.1. The number of nitrogens with one attached hydrogen (secondary N) is 1. The normalized spacial score (nSPS) is 18.4. The van der Waals surface area contributed by atoms with Crippen LogP contribution < -0.4 is 14.8 Å². The second-order valence-electron chi connectivity index (χ2n) is 6.80. The molecule has 1 aromatic rings. The number of hydrogen-bond acceptors (Lipinski definition) is 4. The van der Waals surface area contributed by atoms with Gasteiger partial charge in [-0.15, -0.1) is 0 Å². The quantitative estimate of drug-likeness (QED) is 0.876. The number of ether oxygens (including phenoxy) is 2. The average Bonchev–Trinajstić information content (AvgIpc) is 3.20. The fourth-order valence-electron chi connectivity index (χ4n) is 3.36. The van der Waals surface area contributed by atoms with Crippen LogP contribution in [0.25, 0.3) is 0 Å². The first kappa shape index (κ1) is 16.1. The highest BCUT2D eigenvalue weighted by molar-refractivity contribution is 5.94. The molecule has 0 aliphatic carbocycles. The van der Waals surface area contributed by atoms with Crippen molar-refractivity contribution in [2.24, 2.45) is 5.92 Å². The number of fused-ring (bicyclic) bond motifs is 1. The van der Waals surface area contributed by atoms with Crippen LogP contribution >= 0.6 is 0 Å². The number of benzene rings is 1. The van der Waals surface area contributed by atoms with E-state index in [9.17, 15) is 4.79 Å². The molecule has 1 amide bonds. The van der Waals surface area contributed by atoms with E-state index in [0.29, 0.717) is 35.6 Å². The van der Waals surface area contributed by atoms with Crippen molar-refractivity contribution in [1.29, 1.82) is 0 Å². The van der Waals surface area contributed by atoms with Crippen LogP contribution in [0.2, 0.25) is 0 Å². The van der Waals surface area contributed by atoms with Crippen molar-refractivity contribution in [3.05, 3.63) is 23.8 Å². The number of nitrogens with zero attached hydrogens (tertiary/aromatic N) is 1. The summed E-state index contributed by atoms with van der Waals surface area (Å²) in [6.07, 6.45) is 3.65. The smallest absolute Gasteiger partial charge is 0.251 e. The fraction of sp³-hybridized carbons (Fsp3) is 0.611. The molecular formula is C18H26N2O3. The van der Waals surface area contributed by atoms with E-state index in [0.717, 1.165) is 19.5 Å². The molecule has 1 saturated heterocycles. The lowest BCUT2D eigenvalue weighted by Gasteiger charge is -2.29. The van der Waals surface area contributed by atoms with Gasteiger partial charge < -0.3 is 14.8 Å². The zero-order valence-corrected chi connectivity index (χ0v) is 14.0. The second-order valence-corrected chi connectivity index (χ2v) is 6.80. The van der Waals surface area contributed by atoms with E-state index in [1.807, 2.05) is 0 Å². The third-order valence-electron chi connectivity index (χ3n) is 4.53. The van der Waals surface area contributed by atoms with Gasteiger partial charge in [0.2, 0.25) is 6.79 Å². The molecule has 1 aromatic carbocycles. The fourth-order valence-corrected chi connectivity index (χ4v) is 3.36. The van der Waals surface area contributed by atoms with Crippen LogP contribution in [-0.2, 0) is 0 Å². The number of rotatable bonds is 6. The second kappa shape index (κ2) is 7.21. The Bertz CT molecular complexity index is 553. The van der Waals surface area contributed by atoms with E-state index in [1.54, 1.807) is 18.2 Å². The minimum absolute atomic E-state index is 0.0451. The van der Waals surface area contributed by atoms with Crippen molar-refractivity contribution in [2.75, 3.05) is 26.4 Å². The zero-order chi connectivity index (χ0) is 16.2. The molecule has 0 aromatic heterocycles. The predicted octanol–water partition coefficient (Wildman–Crippen LogP) is 2.66. The highest BCUT2D eigenvalue weighted by atomic mass is 16.7. The summed E-state index contributed by atoms with van der Waals surface area (Å²) in [5, 5.41) is 3.10. The maximum atomic E-state index is 12.4. The molecule has 23 heavy (non-hydrogen) atoms. The van der Waals surface area contributed by atoms with E-state index in [1.165, 1.54) is 12.8 Å². The van der Waals surface area contributed by atoms with Crippen LogP contribution in [-0.4, -0.2) is 43.3 Å². The Hall–Kier alpha value is -1.75. The highest BCUT2D eigenvalue weighted by Crippen LogP contribution is 2.32. The Morgan fingerprint density at radius 3 is 2.70 bits per heavy atom. The Balaban J connectivity index is 1.59. The lowest BCUT2D eigenvalue weighted by Crippen LogP contribution is -2.43. The summed E-state index contributed by atoms with van der Waals surface area (Å²) >= 11 is 0. The summed E-state index contributed by atoms with van der Waals surface area (Å²) < 4.78 is 10.6. The highest BCUT2D eigenvalue weighted by Gasteiger charge is 2.23. The van der Waals surface area contributed by atoms with E-state index >= 15 is 0 Å². The van der Waals surface area contributed by atoms with Crippen molar-refractivity contribution in [1.82, 2.24) is 10.2 Å². The van der Waals surface area contributed by atoms with Crippen LogP contribution in [0, 0.1) is 5.92 Å². The zero-order valence-electron chi connectivity index (χ0n) is 14.0. The van der Waals surface area contributed by atoms with Crippen LogP contribution in [0.5, 0.6) is 11.5 Å². The Labute approximate surface area is 137 Å². The van der Waals surface area contributed by atoms with Crippen LogP contribution in [0.3, 0.4) is 0 Å². The number of hydrogen-bond donors (Lipinski definition) is 1. The molecule has 0 spiro atoms.